The summed E-state index contributed by atoms with van der Waals surface area (Å²) in [5.74, 6) is -0.440. The molecule has 1 fully saturated rings. The molecule has 0 saturated carbocycles. The molecule has 1 rings (SSSR count). The molecule has 1 aliphatic rings. The molecule has 0 aromatic heterocycles. The minimum atomic E-state index is -0.591. The highest BCUT2D eigenvalue weighted by atomic mass is 16.2. The highest BCUT2D eigenvalue weighted by Crippen LogP contribution is 2.08. The normalized spacial score (nSPS) is 16.4. The fraction of sp³-hybridized carbons (Fsp3) is 0.769. The lowest BCUT2D eigenvalue weighted by Crippen LogP contribution is -2.50. The molecule has 7 heteroatoms. The Labute approximate surface area is 119 Å². The molecule has 0 radical (unpaired) electrons. The number of nitrogens with one attached hydrogen (secondary N) is 3. The first-order valence-corrected chi connectivity index (χ1v) is 7.14. The molecule has 20 heavy (non-hydrogen) atoms. The van der Waals surface area contributed by atoms with Gasteiger partial charge in [0, 0.05) is 19.6 Å². The van der Waals surface area contributed by atoms with Gasteiger partial charge in [-0.1, -0.05) is 0 Å². The first-order valence-electron chi connectivity index (χ1n) is 7.14. The molecule has 1 atom stereocenters. The van der Waals surface area contributed by atoms with Crippen LogP contribution in [0.3, 0.4) is 0 Å². The summed E-state index contributed by atoms with van der Waals surface area (Å²) in [6, 6.07) is -1.11. The summed E-state index contributed by atoms with van der Waals surface area (Å²) in [5.41, 5.74) is 0. The number of nitrogens with zero attached hydrogens (tertiary/aromatic N) is 1. The van der Waals surface area contributed by atoms with Gasteiger partial charge in [0.1, 0.15) is 0 Å². The van der Waals surface area contributed by atoms with E-state index in [0.29, 0.717) is 6.54 Å². The van der Waals surface area contributed by atoms with Crippen LogP contribution in [-0.2, 0) is 9.59 Å². The van der Waals surface area contributed by atoms with E-state index in [0.717, 1.165) is 25.9 Å². The minimum absolute atomic E-state index is 0.00218. The van der Waals surface area contributed by atoms with E-state index < -0.39 is 18.0 Å². The second-order valence-electron chi connectivity index (χ2n) is 4.89. The number of urea groups is 1. The lowest BCUT2D eigenvalue weighted by atomic mass is 10.1. The van der Waals surface area contributed by atoms with Gasteiger partial charge in [-0.15, -0.1) is 0 Å². The van der Waals surface area contributed by atoms with Crippen LogP contribution in [0.25, 0.3) is 0 Å². The molecule has 3 N–H and O–H groups in total. The number of hydrogen-bond acceptors (Lipinski definition) is 4. The summed E-state index contributed by atoms with van der Waals surface area (Å²) in [6.07, 6.45) is 3.25. The Balaban J connectivity index is 2.27. The largest absolute Gasteiger partial charge is 0.342 e. The summed E-state index contributed by atoms with van der Waals surface area (Å²) in [5, 5.41) is 7.53. The van der Waals surface area contributed by atoms with Crippen molar-refractivity contribution in [3.05, 3.63) is 0 Å². The molecule has 1 heterocycles. The van der Waals surface area contributed by atoms with Gasteiger partial charge < -0.3 is 10.2 Å². The van der Waals surface area contributed by atoms with Crippen LogP contribution < -0.4 is 16.0 Å². The fourth-order valence-electron chi connectivity index (χ4n) is 2.01. The fourth-order valence-corrected chi connectivity index (χ4v) is 2.01. The van der Waals surface area contributed by atoms with Crippen molar-refractivity contribution in [3.8, 4) is 0 Å². The molecule has 1 aliphatic heterocycles. The van der Waals surface area contributed by atoms with Gasteiger partial charge >= 0.3 is 6.03 Å². The van der Waals surface area contributed by atoms with E-state index in [4.69, 9.17) is 0 Å². The van der Waals surface area contributed by atoms with Gasteiger partial charge in [-0.2, -0.15) is 0 Å². The quantitative estimate of drug-likeness (QED) is 0.653. The molecular formula is C13H24N4O3. The average molecular weight is 284 g/mol. The van der Waals surface area contributed by atoms with Gasteiger partial charge in [0.25, 0.3) is 0 Å². The summed E-state index contributed by atoms with van der Waals surface area (Å²) < 4.78 is 0. The topological polar surface area (TPSA) is 90.5 Å². The molecule has 4 amide bonds. The molecular weight excluding hydrogens is 260 g/mol. The maximum atomic E-state index is 11.9. The number of amides is 4. The van der Waals surface area contributed by atoms with Crippen LogP contribution in [0.4, 0.5) is 4.79 Å². The van der Waals surface area contributed by atoms with Crippen molar-refractivity contribution in [3.63, 3.8) is 0 Å². The number of imide groups is 1. The number of carbonyl (C=O) groups is 3. The number of likely N-dealkylation sites (tertiary alicyclic amines) is 1. The van der Waals surface area contributed by atoms with Gasteiger partial charge in [-0.05, 0) is 33.1 Å². The van der Waals surface area contributed by atoms with Gasteiger partial charge in [-0.25, -0.2) is 4.79 Å². The van der Waals surface area contributed by atoms with Crippen LogP contribution >= 0.6 is 0 Å². The van der Waals surface area contributed by atoms with Crippen molar-refractivity contribution < 1.29 is 14.4 Å². The number of carbonyl (C=O) groups excluding carboxylic acids is 3. The molecule has 0 bridgehead atoms. The standard InChI is InChI=1S/C13H24N4O3/c1-3-14-13(20)16-12(19)10(2)15-9-11(18)17-7-5-4-6-8-17/h10,15H,3-9H2,1-2H3,(H2,14,16,19,20). The highest BCUT2D eigenvalue weighted by Gasteiger charge is 2.19. The molecule has 114 valence electrons. The van der Waals surface area contributed by atoms with Crippen LogP contribution in [-0.4, -0.2) is 55.0 Å². The van der Waals surface area contributed by atoms with E-state index in [2.05, 4.69) is 16.0 Å². The molecule has 0 aromatic carbocycles. The van der Waals surface area contributed by atoms with E-state index in [-0.39, 0.29) is 12.5 Å². The Kier molecular flexibility index (Phi) is 7.00. The van der Waals surface area contributed by atoms with E-state index >= 15 is 0 Å². The molecule has 7 nitrogen and oxygen atoms in total. The average Bonchev–Trinajstić information content (AvgIpc) is 2.45. The van der Waals surface area contributed by atoms with Crippen LogP contribution in [0, 0.1) is 0 Å². The monoisotopic (exact) mass is 284 g/mol. The van der Waals surface area contributed by atoms with Crippen molar-refractivity contribution in [2.24, 2.45) is 0 Å². The van der Waals surface area contributed by atoms with Crippen molar-refractivity contribution in [1.82, 2.24) is 20.9 Å². The van der Waals surface area contributed by atoms with Crippen molar-refractivity contribution in [1.29, 1.82) is 0 Å². The zero-order chi connectivity index (χ0) is 15.0. The van der Waals surface area contributed by atoms with Gasteiger partial charge in [0.2, 0.25) is 11.8 Å². The number of piperidine rings is 1. The zero-order valence-electron chi connectivity index (χ0n) is 12.2. The third-order valence-corrected chi connectivity index (χ3v) is 3.24. The van der Waals surface area contributed by atoms with E-state index in [1.807, 2.05) is 4.90 Å². The van der Waals surface area contributed by atoms with Crippen LogP contribution in [0.15, 0.2) is 0 Å². The number of rotatable bonds is 5. The van der Waals surface area contributed by atoms with Gasteiger partial charge in [0.15, 0.2) is 0 Å². The zero-order valence-corrected chi connectivity index (χ0v) is 12.2. The first-order chi connectivity index (χ1) is 9.54. The lowest BCUT2D eigenvalue weighted by molar-refractivity contribution is -0.131. The predicted octanol–water partition coefficient (Wildman–Crippen LogP) is -0.177. The van der Waals surface area contributed by atoms with Crippen molar-refractivity contribution >= 4 is 17.8 Å². The second-order valence-corrected chi connectivity index (χ2v) is 4.89. The first kappa shape index (κ1) is 16.4. The SMILES string of the molecule is CCNC(=O)NC(=O)C(C)NCC(=O)N1CCCCC1. The van der Waals surface area contributed by atoms with Crippen molar-refractivity contribution in [2.75, 3.05) is 26.2 Å². The maximum absolute atomic E-state index is 11.9. The third kappa shape index (κ3) is 5.56. The smallest absolute Gasteiger partial charge is 0.321 e. The summed E-state index contributed by atoms with van der Waals surface area (Å²) in [6.45, 7) is 5.54. The van der Waals surface area contributed by atoms with Crippen molar-refractivity contribution in [2.45, 2.75) is 39.2 Å². The minimum Gasteiger partial charge on any atom is -0.342 e. The van der Waals surface area contributed by atoms with E-state index in [1.165, 1.54) is 6.42 Å². The Morgan fingerprint density at radius 2 is 1.80 bits per heavy atom. The Hall–Kier alpha value is -1.63. The molecule has 0 spiro atoms. The predicted molar refractivity (Wildman–Crippen MR) is 75.1 cm³/mol. The van der Waals surface area contributed by atoms with Crippen LogP contribution in [0.2, 0.25) is 0 Å². The van der Waals surface area contributed by atoms with Gasteiger partial charge in [-0.3, -0.25) is 20.2 Å². The summed E-state index contributed by atoms with van der Waals surface area (Å²) >= 11 is 0. The molecule has 0 aromatic rings. The molecule has 1 saturated heterocycles. The van der Waals surface area contributed by atoms with Crippen LogP contribution in [0.5, 0.6) is 0 Å². The molecule has 1 unspecified atom stereocenters. The molecule has 0 aliphatic carbocycles. The van der Waals surface area contributed by atoms with E-state index in [1.54, 1.807) is 13.8 Å². The highest BCUT2D eigenvalue weighted by molar-refractivity contribution is 5.97. The lowest BCUT2D eigenvalue weighted by Gasteiger charge is -2.27. The summed E-state index contributed by atoms with van der Waals surface area (Å²) in [4.78, 5) is 36.6. The van der Waals surface area contributed by atoms with Crippen LogP contribution in [0.1, 0.15) is 33.1 Å². The third-order valence-electron chi connectivity index (χ3n) is 3.24. The Morgan fingerprint density at radius 3 is 2.40 bits per heavy atom. The summed E-state index contributed by atoms with van der Waals surface area (Å²) in [7, 11) is 0. The maximum Gasteiger partial charge on any atom is 0.321 e. The Morgan fingerprint density at radius 1 is 1.15 bits per heavy atom. The Bertz CT molecular complexity index is 354. The van der Waals surface area contributed by atoms with Gasteiger partial charge in [0.05, 0.1) is 12.6 Å². The number of hydrogen-bond donors (Lipinski definition) is 3. The second kappa shape index (κ2) is 8.52. The van der Waals surface area contributed by atoms with E-state index in [9.17, 15) is 14.4 Å².